The van der Waals surface area contributed by atoms with Gasteiger partial charge >= 0.3 is 0 Å². The van der Waals surface area contributed by atoms with Crippen LogP contribution in [0.5, 0.6) is 0 Å². The summed E-state index contributed by atoms with van der Waals surface area (Å²) in [5, 5.41) is 39.9. The molecule has 0 aliphatic heterocycles. The molecule has 4 heteroatoms. The van der Waals surface area contributed by atoms with E-state index in [0.717, 1.165) is 30.8 Å². The van der Waals surface area contributed by atoms with Gasteiger partial charge < -0.3 is 20.4 Å². The van der Waals surface area contributed by atoms with Crippen LogP contribution < -0.4 is 0 Å². The summed E-state index contributed by atoms with van der Waals surface area (Å²) in [4.78, 5) is 0. The van der Waals surface area contributed by atoms with Crippen LogP contribution in [0, 0.1) is 29.1 Å². The van der Waals surface area contributed by atoms with Gasteiger partial charge in [0.1, 0.15) is 0 Å². The van der Waals surface area contributed by atoms with E-state index in [-0.39, 0.29) is 6.61 Å². The second-order valence-electron chi connectivity index (χ2n) is 11.7. The summed E-state index contributed by atoms with van der Waals surface area (Å²) in [6, 6.07) is 0. The maximum absolute atomic E-state index is 10.3. The molecule has 3 aliphatic carbocycles. The Kier molecular flexibility index (Phi) is 8.11. The lowest BCUT2D eigenvalue weighted by atomic mass is 9.60. The first kappa shape index (κ1) is 25.0. The highest BCUT2D eigenvalue weighted by Gasteiger charge is 2.50. The number of aliphatic hydroxyl groups excluding tert-OH is 3. The van der Waals surface area contributed by atoms with Crippen molar-refractivity contribution in [3.63, 3.8) is 0 Å². The van der Waals surface area contributed by atoms with Gasteiger partial charge in [-0.1, -0.05) is 50.0 Å². The number of fused-ring (bicyclic) bond motifs is 1. The minimum Gasteiger partial charge on any atom is -0.396 e. The van der Waals surface area contributed by atoms with Gasteiger partial charge in [-0.3, -0.25) is 0 Å². The lowest BCUT2D eigenvalue weighted by molar-refractivity contribution is -0.0312. The van der Waals surface area contributed by atoms with Gasteiger partial charge in [0.05, 0.1) is 24.4 Å². The second-order valence-corrected chi connectivity index (χ2v) is 11.7. The zero-order valence-electron chi connectivity index (χ0n) is 20.2. The molecule has 0 aromatic rings. The van der Waals surface area contributed by atoms with Gasteiger partial charge in [-0.15, -0.1) is 0 Å². The smallest absolute Gasteiger partial charge is 0.0652 e. The third kappa shape index (κ3) is 5.82. The maximum Gasteiger partial charge on any atom is 0.0652 e. The van der Waals surface area contributed by atoms with Gasteiger partial charge in [0, 0.05) is 5.92 Å². The first-order valence-electron chi connectivity index (χ1n) is 12.6. The highest BCUT2D eigenvalue weighted by atomic mass is 16.3. The van der Waals surface area contributed by atoms with Gasteiger partial charge in [0.15, 0.2) is 0 Å². The monoisotopic (exact) mass is 434 g/mol. The summed E-state index contributed by atoms with van der Waals surface area (Å²) in [6.07, 6.45) is 13.7. The van der Waals surface area contributed by atoms with Crippen molar-refractivity contribution in [2.75, 3.05) is 6.61 Å². The van der Waals surface area contributed by atoms with Crippen molar-refractivity contribution in [3.05, 3.63) is 23.3 Å². The van der Waals surface area contributed by atoms with Crippen LogP contribution in [0.4, 0.5) is 0 Å². The molecule has 0 amide bonds. The van der Waals surface area contributed by atoms with Crippen LogP contribution in [0.2, 0.25) is 0 Å². The third-order valence-corrected chi connectivity index (χ3v) is 8.85. The Bertz CT molecular complexity index is 647. The lowest BCUT2D eigenvalue weighted by Gasteiger charge is -2.44. The van der Waals surface area contributed by atoms with Crippen LogP contribution in [0.3, 0.4) is 0 Å². The Hall–Kier alpha value is -0.680. The predicted octanol–water partition coefficient (Wildman–Crippen LogP) is 4.76. The van der Waals surface area contributed by atoms with Crippen molar-refractivity contribution in [3.8, 4) is 0 Å². The molecule has 0 spiro atoms. The van der Waals surface area contributed by atoms with E-state index in [1.54, 1.807) is 5.57 Å². The van der Waals surface area contributed by atoms with Crippen LogP contribution in [0.1, 0.15) is 91.9 Å². The van der Waals surface area contributed by atoms with E-state index in [2.05, 4.69) is 26.0 Å². The minimum absolute atomic E-state index is 0.160. The van der Waals surface area contributed by atoms with E-state index in [0.29, 0.717) is 30.1 Å². The standard InChI is InChI=1S/C27H46O4/c1-18(7-5-13-26(2,3)31)22-11-12-23-20(8-6-14-27(22,23)4)10-9-19-15-24(29)21(17-28)25(30)16-19/h9-10,18,21-25,28-31H,5-8,11-17H2,1-4H3/b19-9?,20-10+/t18-,21?,22?,23?,24+,25+,27+/m0/s1. The van der Waals surface area contributed by atoms with Gasteiger partial charge in [-0.2, -0.15) is 0 Å². The normalized spacial score (nSPS) is 38.9. The summed E-state index contributed by atoms with van der Waals surface area (Å²) in [7, 11) is 0. The molecule has 178 valence electrons. The average molecular weight is 435 g/mol. The molecular formula is C27H46O4. The van der Waals surface area contributed by atoms with E-state index in [9.17, 15) is 20.4 Å². The largest absolute Gasteiger partial charge is 0.396 e. The highest BCUT2D eigenvalue weighted by Crippen LogP contribution is 2.60. The molecule has 0 saturated heterocycles. The van der Waals surface area contributed by atoms with Gasteiger partial charge in [-0.25, -0.2) is 0 Å². The molecule has 31 heavy (non-hydrogen) atoms. The lowest BCUT2D eigenvalue weighted by Crippen LogP contribution is -2.39. The number of aliphatic hydroxyl groups is 4. The topological polar surface area (TPSA) is 80.9 Å². The van der Waals surface area contributed by atoms with E-state index >= 15 is 0 Å². The molecule has 3 aliphatic rings. The Labute approximate surface area is 189 Å². The molecular weight excluding hydrogens is 388 g/mol. The first-order valence-corrected chi connectivity index (χ1v) is 12.6. The summed E-state index contributed by atoms with van der Waals surface area (Å²) in [6.45, 7) is 8.59. The molecule has 3 saturated carbocycles. The molecule has 4 N–H and O–H groups in total. The van der Waals surface area contributed by atoms with Crippen LogP contribution in [0.25, 0.3) is 0 Å². The van der Waals surface area contributed by atoms with Gasteiger partial charge in [0.2, 0.25) is 0 Å². The molecule has 3 rings (SSSR count). The van der Waals surface area contributed by atoms with Crippen molar-refractivity contribution in [2.24, 2.45) is 29.1 Å². The fraction of sp³-hybridized carbons (Fsp3) is 0.852. The summed E-state index contributed by atoms with van der Waals surface area (Å²) < 4.78 is 0. The average Bonchev–Trinajstić information content (AvgIpc) is 3.02. The first-order chi connectivity index (χ1) is 14.5. The molecule has 0 aromatic heterocycles. The van der Waals surface area contributed by atoms with Crippen molar-refractivity contribution < 1.29 is 20.4 Å². The highest BCUT2D eigenvalue weighted by molar-refractivity contribution is 5.26. The van der Waals surface area contributed by atoms with Crippen molar-refractivity contribution in [2.45, 2.75) is 110 Å². The molecule has 0 aromatic carbocycles. The second kappa shape index (κ2) is 10.1. The Morgan fingerprint density at radius 3 is 2.42 bits per heavy atom. The number of rotatable bonds is 7. The number of hydrogen-bond donors (Lipinski definition) is 4. The van der Waals surface area contributed by atoms with Crippen molar-refractivity contribution in [1.82, 2.24) is 0 Å². The SMILES string of the molecule is C[C@@H](CCCC(C)(C)O)C1CCC2/C(=C/C=C3C[C@@H](O)C(CO)[C@H](O)C3)CCC[C@@]21C. The maximum atomic E-state index is 10.3. The molecule has 0 radical (unpaired) electrons. The summed E-state index contributed by atoms with van der Waals surface area (Å²) >= 11 is 0. The molecule has 6 atom stereocenters. The molecule has 2 unspecified atom stereocenters. The van der Waals surface area contributed by atoms with E-state index in [4.69, 9.17) is 0 Å². The third-order valence-electron chi connectivity index (χ3n) is 8.85. The zero-order chi connectivity index (χ0) is 22.8. The quantitative estimate of drug-likeness (QED) is 0.466. The Morgan fingerprint density at radius 2 is 1.81 bits per heavy atom. The molecule has 4 nitrogen and oxygen atoms in total. The van der Waals surface area contributed by atoms with E-state index in [1.807, 2.05) is 13.8 Å². The van der Waals surface area contributed by atoms with Crippen LogP contribution in [-0.2, 0) is 0 Å². The van der Waals surface area contributed by atoms with Crippen LogP contribution in [-0.4, -0.2) is 44.8 Å². The number of allylic oxidation sites excluding steroid dienone is 3. The summed E-state index contributed by atoms with van der Waals surface area (Å²) in [5.41, 5.74) is 2.46. The van der Waals surface area contributed by atoms with Crippen molar-refractivity contribution in [1.29, 1.82) is 0 Å². The molecule has 0 bridgehead atoms. The molecule has 3 fully saturated rings. The fourth-order valence-corrected chi connectivity index (χ4v) is 7.06. The minimum atomic E-state index is -0.657. The molecule has 0 heterocycles. The van der Waals surface area contributed by atoms with Crippen LogP contribution in [0.15, 0.2) is 23.3 Å². The van der Waals surface area contributed by atoms with Crippen LogP contribution >= 0.6 is 0 Å². The Balaban J connectivity index is 1.66. The van der Waals surface area contributed by atoms with E-state index in [1.165, 1.54) is 32.1 Å². The summed E-state index contributed by atoms with van der Waals surface area (Å²) in [5.74, 6) is 1.66. The van der Waals surface area contributed by atoms with E-state index < -0.39 is 23.7 Å². The predicted molar refractivity (Wildman–Crippen MR) is 125 cm³/mol. The van der Waals surface area contributed by atoms with Gasteiger partial charge in [-0.05, 0) is 88.4 Å². The number of hydrogen-bond acceptors (Lipinski definition) is 4. The Morgan fingerprint density at radius 1 is 1.13 bits per heavy atom. The van der Waals surface area contributed by atoms with Gasteiger partial charge in [0.25, 0.3) is 0 Å². The zero-order valence-corrected chi connectivity index (χ0v) is 20.2. The fourth-order valence-electron chi connectivity index (χ4n) is 7.06. The van der Waals surface area contributed by atoms with Crippen molar-refractivity contribution >= 4 is 0 Å².